The number of rotatable bonds is 3. The average Bonchev–Trinajstić information content (AvgIpc) is 2.44. The Balaban J connectivity index is 2.06. The number of carbonyl (C=O) groups is 1. The fourth-order valence-electron chi connectivity index (χ4n) is 1.90. The second-order valence-corrected chi connectivity index (χ2v) is 5.43. The van der Waals surface area contributed by atoms with Crippen molar-refractivity contribution >= 4 is 21.8 Å². The number of hydrogen-bond donors (Lipinski definition) is 1. The normalized spacial score (nSPS) is 9.85. The highest BCUT2D eigenvalue weighted by Gasteiger charge is 2.07. The van der Waals surface area contributed by atoms with E-state index in [-0.39, 0.29) is 5.91 Å². The molecule has 0 aliphatic rings. The lowest BCUT2D eigenvalue weighted by Crippen LogP contribution is -2.22. The van der Waals surface area contributed by atoms with Gasteiger partial charge in [0.1, 0.15) is 0 Å². The Morgan fingerprint density at radius 1 is 1.30 bits per heavy atom. The molecule has 3 nitrogen and oxygen atoms in total. The van der Waals surface area contributed by atoms with Gasteiger partial charge in [-0.1, -0.05) is 28.1 Å². The maximum Gasteiger partial charge on any atom is 0.251 e. The van der Waals surface area contributed by atoms with Crippen molar-refractivity contribution in [3.8, 4) is 6.07 Å². The molecule has 1 N–H and O–H groups in total. The standard InChI is InChI=1S/C16H13BrN2O/c1-11-5-14(8-15(17)6-11)16(20)19-10-13-4-2-3-12(7-13)9-18/h2-8H,10H2,1H3,(H,19,20). The van der Waals surface area contributed by atoms with Crippen LogP contribution in [0.2, 0.25) is 0 Å². The number of aryl methyl sites for hydroxylation is 1. The van der Waals surface area contributed by atoms with Gasteiger partial charge in [-0.3, -0.25) is 4.79 Å². The second-order valence-electron chi connectivity index (χ2n) is 4.51. The SMILES string of the molecule is Cc1cc(Br)cc(C(=O)NCc2cccc(C#N)c2)c1. The van der Waals surface area contributed by atoms with Gasteiger partial charge in [0.05, 0.1) is 11.6 Å². The molecule has 0 radical (unpaired) electrons. The lowest BCUT2D eigenvalue weighted by molar-refractivity contribution is 0.0950. The third-order valence-corrected chi connectivity index (χ3v) is 3.27. The van der Waals surface area contributed by atoms with E-state index in [1.807, 2.05) is 31.2 Å². The van der Waals surface area contributed by atoms with Crippen LogP contribution in [-0.2, 0) is 6.54 Å². The van der Waals surface area contributed by atoms with Gasteiger partial charge in [0.15, 0.2) is 0 Å². The maximum absolute atomic E-state index is 12.1. The zero-order valence-electron chi connectivity index (χ0n) is 11.0. The van der Waals surface area contributed by atoms with Crippen LogP contribution in [0.15, 0.2) is 46.9 Å². The summed E-state index contributed by atoms with van der Waals surface area (Å²) in [6.07, 6.45) is 0. The first-order chi connectivity index (χ1) is 9.58. The predicted octanol–water partition coefficient (Wildman–Crippen LogP) is 3.56. The topological polar surface area (TPSA) is 52.9 Å². The van der Waals surface area contributed by atoms with Gasteiger partial charge in [0, 0.05) is 16.6 Å². The first kappa shape index (κ1) is 14.3. The fourth-order valence-corrected chi connectivity index (χ4v) is 2.51. The summed E-state index contributed by atoms with van der Waals surface area (Å²) in [4.78, 5) is 12.1. The van der Waals surface area contributed by atoms with E-state index < -0.39 is 0 Å². The molecular weight excluding hydrogens is 316 g/mol. The number of nitrogens with one attached hydrogen (secondary N) is 1. The molecule has 0 fully saturated rings. The van der Waals surface area contributed by atoms with Gasteiger partial charge in [0.25, 0.3) is 5.91 Å². The Kier molecular flexibility index (Phi) is 4.54. The Bertz CT molecular complexity index is 669. The largest absolute Gasteiger partial charge is 0.348 e. The summed E-state index contributed by atoms with van der Waals surface area (Å²) in [6, 6.07) is 14.9. The minimum Gasteiger partial charge on any atom is -0.348 e. The van der Waals surface area contributed by atoms with E-state index >= 15 is 0 Å². The monoisotopic (exact) mass is 328 g/mol. The number of carbonyl (C=O) groups excluding carboxylic acids is 1. The highest BCUT2D eigenvalue weighted by molar-refractivity contribution is 9.10. The van der Waals surface area contributed by atoms with E-state index in [2.05, 4.69) is 27.3 Å². The summed E-state index contributed by atoms with van der Waals surface area (Å²) in [7, 11) is 0. The molecule has 100 valence electrons. The van der Waals surface area contributed by atoms with Gasteiger partial charge in [-0.15, -0.1) is 0 Å². The van der Waals surface area contributed by atoms with Crippen LogP contribution in [0.5, 0.6) is 0 Å². The molecule has 1 amide bonds. The van der Waals surface area contributed by atoms with Crippen molar-refractivity contribution in [2.75, 3.05) is 0 Å². The van der Waals surface area contributed by atoms with Crippen LogP contribution in [0.3, 0.4) is 0 Å². The first-order valence-electron chi connectivity index (χ1n) is 6.13. The van der Waals surface area contributed by atoms with Crippen LogP contribution >= 0.6 is 15.9 Å². The molecule has 0 aliphatic carbocycles. The highest BCUT2D eigenvalue weighted by atomic mass is 79.9. The zero-order valence-corrected chi connectivity index (χ0v) is 12.6. The minimum atomic E-state index is -0.128. The lowest BCUT2D eigenvalue weighted by Gasteiger charge is -2.07. The highest BCUT2D eigenvalue weighted by Crippen LogP contribution is 2.15. The van der Waals surface area contributed by atoms with E-state index in [0.29, 0.717) is 17.7 Å². The number of nitrogens with zero attached hydrogens (tertiary/aromatic N) is 1. The van der Waals surface area contributed by atoms with Crippen LogP contribution < -0.4 is 5.32 Å². The molecular formula is C16H13BrN2O. The van der Waals surface area contributed by atoms with Crippen molar-refractivity contribution in [1.29, 1.82) is 5.26 Å². The molecule has 2 rings (SSSR count). The van der Waals surface area contributed by atoms with Crippen molar-refractivity contribution in [1.82, 2.24) is 5.32 Å². The predicted molar refractivity (Wildman–Crippen MR) is 81.2 cm³/mol. The molecule has 0 aromatic heterocycles. The Morgan fingerprint density at radius 2 is 2.10 bits per heavy atom. The van der Waals surface area contributed by atoms with Gasteiger partial charge in [-0.2, -0.15) is 5.26 Å². The number of hydrogen-bond acceptors (Lipinski definition) is 2. The Hall–Kier alpha value is -2.12. The van der Waals surface area contributed by atoms with E-state index in [9.17, 15) is 4.79 Å². The van der Waals surface area contributed by atoms with Crippen LogP contribution in [0, 0.1) is 18.3 Å². The fraction of sp³-hybridized carbons (Fsp3) is 0.125. The summed E-state index contributed by atoms with van der Waals surface area (Å²) in [5.41, 5.74) is 3.14. The van der Waals surface area contributed by atoms with Gasteiger partial charge in [-0.25, -0.2) is 0 Å². The van der Waals surface area contributed by atoms with Gasteiger partial charge >= 0.3 is 0 Å². The van der Waals surface area contributed by atoms with Gasteiger partial charge in [-0.05, 0) is 48.4 Å². The van der Waals surface area contributed by atoms with Crippen molar-refractivity contribution in [3.05, 3.63) is 69.2 Å². The van der Waals surface area contributed by atoms with Crippen molar-refractivity contribution in [2.24, 2.45) is 0 Å². The van der Waals surface area contributed by atoms with Crippen LogP contribution in [0.1, 0.15) is 27.0 Å². The molecule has 0 spiro atoms. The van der Waals surface area contributed by atoms with Crippen molar-refractivity contribution in [3.63, 3.8) is 0 Å². The molecule has 0 atom stereocenters. The third-order valence-electron chi connectivity index (χ3n) is 2.81. The smallest absolute Gasteiger partial charge is 0.251 e. The second kappa shape index (κ2) is 6.36. The van der Waals surface area contributed by atoms with Gasteiger partial charge in [0.2, 0.25) is 0 Å². The summed E-state index contributed by atoms with van der Waals surface area (Å²) in [5.74, 6) is -0.128. The zero-order chi connectivity index (χ0) is 14.5. The number of halogens is 1. The molecule has 0 heterocycles. The van der Waals surface area contributed by atoms with Crippen LogP contribution in [0.4, 0.5) is 0 Å². The first-order valence-corrected chi connectivity index (χ1v) is 6.92. The summed E-state index contributed by atoms with van der Waals surface area (Å²) in [5, 5.41) is 11.7. The number of amides is 1. The van der Waals surface area contributed by atoms with Crippen molar-refractivity contribution < 1.29 is 4.79 Å². The molecule has 20 heavy (non-hydrogen) atoms. The molecule has 0 unspecified atom stereocenters. The number of nitriles is 1. The molecule has 0 aliphatic heterocycles. The summed E-state index contributed by atoms with van der Waals surface area (Å²) in [6.45, 7) is 2.35. The molecule has 0 bridgehead atoms. The quantitative estimate of drug-likeness (QED) is 0.936. The maximum atomic E-state index is 12.1. The summed E-state index contributed by atoms with van der Waals surface area (Å²) >= 11 is 3.38. The van der Waals surface area contributed by atoms with E-state index in [4.69, 9.17) is 5.26 Å². The molecule has 0 saturated heterocycles. The lowest BCUT2D eigenvalue weighted by atomic mass is 10.1. The molecule has 4 heteroatoms. The Labute approximate surface area is 126 Å². The van der Waals surface area contributed by atoms with Crippen molar-refractivity contribution in [2.45, 2.75) is 13.5 Å². The third kappa shape index (κ3) is 3.69. The summed E-state index contributed by atoms with van der Waals surface area (Å²) < 4.78 is 0.883. The van der Waals surface area contributed by atoms with E-state index in [0.717, 1.165) is 15.6 Å². The average molecular weight is 329 g/mol. The Morgan fingerprint density at radius 3 is 2.80 bits per heavy atom. The van der Waals surface area contributed by atoms with E-state index in [1.54, 1.807) is 18.2 Å². The van der Waals surface area contributed by atoms with E-state index in [1.165, 1.54) is 0 Å². The molecule has 2 aromatic carbocycles. The van der Waals surface area contributed by atoms with Crippen LogP contribution in [-0.4, -0.2) is 5.91 Å². The number of benzene rings is 2. The minimum absolute atomic E-state index is 0.128. The van der Waals surface area contributed by atoms with Gasteiger partial charge < -0.3 is 5.32 Å². The molecule has 2 aromatic rings. The van der Waals surface area contributed by atoms with Crippen LogP contribution in [0.25, 0.3) is 0 Å². The molecule has 0 saturated carbocycles.